The summed E-state index contributed by atoms with van der Waals surface area (Å²) < 4.78 is 12.5. The number of ether oxygens (including phenoxy) is 2. The summed E-state index contributed by atoms with van der Waals surface area (Å²) in [6.45, 7) is 6.38. The average molecular weight is 414 g/mol. The van der Waals surface area contributed by atoms with Gasteiger partial charge < -0.3 is 14.8 Å². The number of hydrogen-bond acceptors (Lipinski definition) is 6. The van der Waals surface area contributed by atoms with E-state index in [1.54, 1.807) is 0 Å². The number of amides is 1. The molecule has 2 aliphatic heterocycles. The van der Waals surface area contributed by atoms with Crippen LogP contribution >= 0.6 is 11.3 Å². The highest BCUT2D eigenvalue weighted by Gasteiger charge is 2.42. The predicted octanol–water partition coefficient (Wildman–Crippen LogP) is 4.27. The van der Waals surface area contributed by atoms with E-state index in [1.807, 2.05) is 32.0 Å². The molecular weight excluding hydrogens is 386 g/mol. The summed E-state index contributed by atoms with van der Waals surface area (Å²) in [6.07, 6.45) is 5.87. The van der Waals surface area contributed by atoms with E-state index in [0.717, 1.165) is 59.7 Å². The smallest absolute Gasteiger partial charge is 0.267 e. The van der Waals surface area contributed by atoms with Gasteiger partial charge in [0.05, 0.1) is 17.3 Å². The maximum Gasteiger partial charge on any atom is 0.267 e. The maximum absolute atomic E-state index is 12.6. The molecular formula is C22H27N3O3S. The number of fused-ring (bicyclic) bond motifs is 1. The molecule has 1 spiro atoms. The van der Waals surface area contributed by atoms with Crippen LogP contribution in [-0.4, -0.2) is 40.7 Å². The Hall–Kier alpha value is -1.96. The number of nitrogens with one attached hydrogen (secondary N) is 1. The molecule has 0 bridgehead atoms. The quantitative estimate of drug-likeness (QED) is 0.814. The fourth-order valence-electron chi connectivity index (χ4n) is 4.47. The van der Waals surface area contributed by atoms with Gasteiger partial charge in [0.2, 0.25) is 5.79 Å². The second kappa shape index (κ2) is 7.38. The number of anilines is 1. The van der Waals surface area contributed by atoms with E-state index >= 15 is 0 Å². The van der Waals surface area contributed by atoms with E-state index in [-0.39, 0.29) is 5.91 Å². The van der Waals surface area contributed by atoms with Gasteiger partial charge in [-0.1, -0.05) is 6.42 Å². The Morgan fingerprint density at radius 1 is 1.28 bits per heavy atom. The lowest BCUT2D eigenvalue weighted by Crippen LogP contribution is -2.54. The molecule has 0 unspecified atom stereocenters. The van der Waals surface area contributed by atoms with Crippen molar-refractivity contribution >= 4 is 22.9 Å². The lowest BCUT2D eigenvalue weighted by atomic mass is 9.89. The first kappa shape index (κ1) is 19.0. The van der Waals surface area contributed by atoms with Gasteiger partial charge in [-0.15, -0.1) is 11.3 Å². The standard InChI is InChI=1S/C22H27N3O3S/c1-14-20(29-15(2)23-14)21(26)24-17-6-7-19-16(12-17)13-27-22(28-19)8-10-25(11-9-22)18-4-3-5-18/h6-7,12,18H,3-5,8-11,13H2,1-2H3,(H,24,26). The van der Waals surface area contributed by atoms with Gasteiger partial charge in [0, 0.05) is 43.2 Å². The van der Waals surface area contributed by atoms with E-state index in [4.69, 9.17) is 9.47 Å². The van der Waals surface area contributed by atoms with Gasteiger partial charge in [0.25, 0.3) is 5.91 Å². The number of piperidine rings is 1. The fraction of sp³-hybridized carbons (Fsp3) is 0.545. The van der Waals surface area contributed by atoms with E-state index in [1.165, 1.54) is 30.6 Å². The number of carbonyl (C=O) groups excluding carboxylic acids is 1. The molecule has 7 heteroatoms. The van der Waals surface area contributed by atoms with Gasteiger partial charge in [-0.05, 0) is 44.9 Å². The second-order valence-electron chi connectivity index (χ2n) is 8.35. The summed E-state index contributed by atoms with van der Waals surface area (Å²) in [5, 5.41) is 3.88. The maximum atomic E-state index is 12.6. The van der Waals surface area contributed by atoms with Gasteiger partial charge in [-0.3, -0.25) is 9.69 Å². The minimum absolute atomic E-state index is 0.120. The SMILES string of the molecule is Cc1nc(C)c(C(=O)Nc2ccc3c(c2)COC2(CCN(C4CCC4)CC2)O3)s1. The van der Waals surface area contributed by atoms with Gasteiger partial charge in [0.1, 0.15) is 10.6 Å². The van der Waals surface area contributed by atoms with Crippen molar-refractivity contribution in [3.8, 4) is 5.75 Å². The summed E-state index contributed by atoms with van der Waals surface area (Å²) in [7, 11) is 0. The van der Waals surface area contributed by atoms with Crippen molar-refractivity contribution in [2.75, 3.05) is 18.4 Å². The number of carbonyl (C=O) groups is 1. The van der Waals surface area contributed by atoms with Crippen LogP contribution in [0.4, 0.5) is 5.69 Å². The van der Waals surface area contributed by atoms with Gasteiger partial charge >= 0.3 is 0 Å². The average Bonchev–Trinajstić information content (AvgIpc) is 3.01. The monoisotopic (exact) mass is 413 g/mol. The third-order valence-corrected chi connectivity index (χ3v) is 7.44. The predicted molar refractivity (Wildman–Crippen MR) is 113 cm³/mol. The number of rotatable bonds is 3. The largest absolute Gasteiger partial charge is 0.462 e. The topological polar surface area (TPSA) is 63.7 Å². The molecule has 1 aromatic carbocycles. The molecule has 2 aromatic rings. The lowest BCUT2D eigenvalue weighted by molar-refractivity contribution is -0.231. The normalized spacial score (nSPS) is 21.3. The molecule has 1 aromatic heterocycles. The van der Waals surface area contributed by atoms with Gasteiger partial charge in [-0.25, -0.2) is 4.98 Å². The molecule has 1 amide bonds. The van der Waals surface area contributed by atoms with Crippen LogP contribution in [0, 0.1) is 13.8 Å². The number of aromatic nitrogens is 1. The molecule has 5 rings (SSSR count). The Kier molecular flexibility index (Phi) is 4.84. The zero-order valence-corrected chi connectivity index (χ0v) is 17.8. The first-order valence-electron chi connectivity index (χ1n) is 10.5. The van der Waals surface area contributed by atoms with Crippen LogP contribution in [0.3, 0.4) is 0 Å². The molecule has 0 radical (unpaired) electrons. The molecule has 1 saturated carbocycles. The molecule has 0 atom stereocenters. The Morgan fingerprint density at radius 2 is 2.07 bits per heavy atom. The van der Waals surface area contributed by atoms with Crippen molar-refractivity contribution in [3.63, 3.8) is 0 Å². The number of benzene rings is 1. The first-order valence-corrected chi connectivity index (χ1v) is 11.3. The Balaban J connectivity index is 1.25. The van der Waals surface area contributed by atoms with Crippen LogP contribution in [0.5, 0.6) is 5.75 Å². The van der Waals surface area contributed by atoms with E-state index in [0.29, 0.717) is 11.5 Å². The third kappa shape index (κ3) is 3.67. The van der Waals surface area contributed by atoms with Gasteiger partial charge in [0.15, 0.2) is 0 Å². The van der Waals surface area contributed by atoms with Crippen molar-refractivity contribution < 1.29 is 14.3 Å². The number of aryl methyl sites for hydroxylation is 2. The summed E-state index contributed by atoms with van der Waals surface area (Å²) in [4.78, 5) is 20.2. The summed E-state index contributed by atoms with van der Waals surface area (Å²) >= 11 is 1.42. The van der Waals surface area contributed by atoms with Crippen LogP contribution in [0.1, 0.15) is 58.0 Å². The number of likely N-dealkylation sites (tertiary alicyclic amines) is 1. The first-order chi connectivity index (χ1) is 14.0. The van der Waals surface area contributed by atoms with Crippen molar-refractivity contribution in [2.24, 2.45) is 0 Å². The minimum atomic E-state index is -0.491. The molecule has 1 saturated heterocycles. The van der Waals surface area contributed by atoms with Crippen LogP contribution < -0.4 is 10.1 Å². The second-order valence-corrected chi connectivity index (χ2v) is 9.55. The Bertz CT molecular complexity index is 929. The number of nitrogens with zero attached hydrogens (tertiary/aromatic N) is 2. The minimum Gasteiger partial charge on any atom is -0.462 e. The van der Waals surface area contributed by atoms with Crippen molar-refractivity contribution in [1.29, 1.82) is 0 Å². The highest BCUT2D eigenvalue weighted by Crippen LogP contribution is 2.40. The van der Waals surface area contributed by atoms with Crippen LogP contribution in [0.25, 0.3) is 0 Å². The molecule has 2 fully saturated rings. The summed E-state index contributed by atoms with van der Waals surface area (Å²) in [5.74, 6) is 0.261. The van der Waals surface area contributed by atoms with Gasteiger partial charge in [-0.2, -0.15) is 0 Å². The van der Waals surface area contributed by atoms with E-state index < -0.39 is 5.79 Å². The molecule has 29 heavy (non-hydrogen) atoms. The molecule has 1 N–H and O–H groups in total. The van der Waals surface area contributed by atoms with Crippen LogP contribution in [0.15, 0.2) is 18.2 Å². The highest BCUT2D eigenvalue weighted by molar-refractivity contribution is 7.13. The zero-order valence-electron chi connectivity index (χ0n) is 17.0. The lowest BCUT2D eigenvalue weighted by Gasteiger charge is -2.47. The highest BCUT2D eigenvalue weighted by atomic mass is 32.1. The third-order valence-electron chi connectivity index (χ3n) is 6.37. The van der Waals surface area contributed by atoms with Crippen molar-refractivity contribution in [2.45, 2.75) is 64.4 Å². The van der Waals surface area contributed by atoms with E-state index in [2.05, 4.69) is 15.2 Å². The van der Waals surface area contributed by atoms with Crippen molar-refractivity contribution in [3.05, 3.63) is 39.3 Å². The van der Waals surface area contributed by atoms with Crippen molar-refractivity contribution in [1.82, 2.24) is 9.88 Å². The Labute approximate surface area is 175 Å². The fourth-order valence-corrected chi connectivity index (χ4v) is 5.28. The molecule has 3 heterocycles. The summed E-state index contributed by atoms with van der Waals surface area (Å²) in [5.41, 5.74) is 2.50. The zero-order chi connectivity index (χ0) is 20.0. The van der Waals surface area contributed by atoms with E-state index in [9.17, 15) is 4.79 Å². The van der Waals surface area contributed by atoms with Crippen LogP contribution in [0.2, 0.25) is 0 Å². The Morgan fingerprint density at radius 3 is 2.72 bits per heavy atom. The molecule has 6 nitrogen and oxygen atoms in total. The molecule has 3 aliphatic rings. The van der Waals surface area contributed by atoms with Crippen LogP contribution in [-0.2, 0) is 11.3 Å². The summed E-state index contributed by atoms with van der Waals surface area (Å²) in [6, 6.07) is 6.59. The molecule has 154 valence electrons. The number of hydrogen-bond donors (Lipinski definition) is 1. The number of thiazole rings is 1. The molecule has 1 aliphatic carbocycles.